The maximum Gasteiger partial charge on any atom is 0.113 e. The van der Waals surface area contributed by atoms with E-state index in [2.05, 4.69) is 83.5 Å². The predicted octanol–water partition coefficient (Wildman–Crippen LogP) is 5.94. The van der Waals surface area contributed by atoms with Crippen molar-refractivity contribution in [2.45, 2.75) is 19.6 Å². The summed E-state index contributed by atoms with van der Waals surface area (Å²) in [4.78, 5) is 1.21. The normalized spacial score (nSPS) is 11.4. The highest BCUT2D eigenvalue weighted by atomic mass is 32.1. The van der Waals surface area contributed by atoms with Gasteiger partial charge >= 0.3 is 0 Å². The average Bonchev–Trinajstić information content (AvgIpc) is 3.32. The van der Waals surface area contributed by atoms with Crippen LogP contribution in [0, 0.1) is 0 Å². The lowest BCUT2D eigenvalue weighted by molar-refractivity contribution is 0.850. The maximum atomic E-state index is 4.48. The van der Waals surface area contributed by atoms with Crippen LogP contribution in [-0.2, 0) is 0 Å². The van der Waals surface area contributed by atoms with Crippen LogP contribution in [0.15, 0.2) is 77.8 Å². The Kier molecular flexibility index (Phi) is 4.66. The highest BCUT2D eigenvalue weighted by Gasteiger charge is 2.25. The van der Waals surface area contributed by atoms with Crippen LogP contribution in [0.4, 0.5) is 0 Å². The molecule has 2 aromatic heterocycles. The Morgan fingerprint density at radius 2 is 1.67 bits per heavy atom. The van der Waals surface area contributed by atoms with Gasteiger partial charge in [-0.1, -0.05) is 79.1 Å². The Bertz CT molecular complexity index is 1130. The molecule has 0 saturated heterocycles. The fourth-order valence-electron chi connectivity index (χ4n) is 3.01. The summed E-state index contributed by atoms with van der Waals surface area (Å²) in [5.41, 5.74) is 7.99. The monoisotopic (exact) mass is 387 g/mol. The van der Waals surface area contributed by atoms with Gasteiger partial charge < -0.3 is 0 Å². The van der Waals surface area contributed by atoms with Crippen molar-refractivity contribution >= 4 is 41.3 Å². The van der Waals surface area contributed by atoms with Crippen LogP contribution in [0.2, 0.25) is 19.6 Å². The molecule has 0 atom stereocenters. The molecular weight excluding hydrogens is 366 g/mol. The van der Waals surface area contributed by atoms with Gasteiger partial charge in [0.15, 0.2) is 0 Å². The summed E-state index contributed by atoms with van der Waals surface area (Å²) < 4.78 is 1.98. The Labute approximate surface area is 164 Å². The molecule has 0 radical (unpaired) electrons. The van der Waals surface area contributed by atoms with Gasteiger partial charge in [0.25, 0.3) is 0 Å². The third kappa shape index (κ3) is 3.58. The van der Waals surface area contributed by atoms with Crippen LogP contribution < -0.4 is 0 Å². The summed E-state index contributed by atoms with van der Waals surface area (Å²) in [6.45, 7) is 6.97. The Hall–Kier alpha value is -2.72. The van der Waals surface area contributed by atoms with Crippen LogP contribution in [-0.4, -0.2) is 23.1 Å². The van der Waals surface area contributed by atoms with E-state index in [0.717, 1.165) is 21.9 Å². The molecule has 0 amide bonds. The molecule has 0 aliphatic heterocycles. The molecule has 0 N–H and O–H groups in total. The minimum atomic E-state index is -1.77. The molecule has 0 bridgehead atoms. The molecule has 0 saturated carbocycles. The molecule has 0 spiro atoms. The molecule has 0 aliphatic carbocycles. The molecule has 2 aromatic carbocycles. The van der Waals surface area contributed by atoms with E-state index < -0.39 is 8.07 Å². The van der Waals surface area contributed by atoms with E-state index in [-0.39, 0.29) is 0 Å². The molecule has 4 aromatic rings. The third-order valence-electron chi connectivity index (χ3n) is 4.35. The fourth-order valence-corrected chi connectivity index (χ4v) is 5.06. The number of fused-ring (bicyclic) bond motifs is 1. The summed E-state index contributed by atoms with van der Waals surface area (Å²) >= 11 is 1.74. The Balaban J connectivity index is 2.07. The van der Waals surface area contributed by atoms with Crippen LogP contribution in [0.25, 0.3) is 21.9 Å². The third-order valence-corrected chi connectivity index (χ3v) is 6.99. The van der Waals surface area contributed by atoms with Crippen molar-refractivity contribution in [2.24, 2.45) is 0 Å². The van der Waals surface area contributed by atoms with E-state index in [9.17, 15) is 0 Å². The smallest absolute Gasteiger partial charge is 0.113 e. The van der Waals surface area contributed by atoms with Crippen molar-refractivity contribution in [1.82, 2.24) is 15.0 Å². The summed E-state index contributed by atoms with van der Waals surface area (Å²) in [7, 11) is -1.77. The SMILES string of the molecule is C[Si](C)(C)C(=C=C(c1ccccc1)c1cccs1)n1nnc2ccccc21. The molecule has 0 fully saturated rings. The van der Waals surface area contributed by atoms with E-state index in [1.165, 1.54) is 10.4 Å². The molecule has 4 rings (SSSR count). The summed E-state index contributed by atoms with van der Waals surface area (Å²) in [6, 6.07) is 22.8. The van der Waals surface area contributed by atoms with Gasteiger partial charge in [-0.2, -0.15) is 0 Å². The zero-order chi connectivity index (χ0) is 18.9. The molecule has 5 heteroatoms. The van der Waals surface area contributed by atoms with Gasteiger partial charge in [0.05, 0.1) is 10.8 Å². The minimum absolute atomic E-state index is 0.910. The lowest BCUT2D eigenvalue weighted by atomic mass is 10.1. The van der Waals surface area contributed by atoms with Crippen molar-refractivity contribution in [3.8, 4) is 0 Å². The largest absolute Gasteiger partial charge is 0.214 e. The van der Waals surface area contributed by atoms with Crippen molar-refractivity contribution in [3.05, 3.63) is 88.3 Å². The van der Waals surface area contributed by atoms with Crippen molar-refractivity contribution in [2.75, 3.05) is 0 Å². The molecule has 27 heavy (non-hydrogen) atoms. The average molecular weight is 388 g/mol. The van der Waals surface area contributed by atoms with Gasteiger partial charge in [0.2, 0.25) is 0 Å². The first-order valence-electron chi connectivity index (χ1n) is 8.95. The van der Waals surface area contributed by atoms with Crippen molar-refractivity contribution in [3.63, 3.8) is 0 Å². The zero-order valence-corrected chi connectivity index (χ0v) is 17.5. The number of thiophene rings is 1. The number of para-hydroxylation sites is 1. The van der Waals surface area contributed by atoms with Gasteiger partial charge in [-0.3, -0.25) is 0 Å². The molecule has 2 heterocycles. The highest BCUT2D eigenvalue weighted by Crippen LogP contribution is 2.30. The first-order valence-corrected chi connectivity index (χ1v) is 13.3. The van der Waals surface area contributed by atoms with Gasteiger partial charge in [-0.25, -0.2) is 4.68 Å². The van der Waals surface area contributed by atoms with Gasteiger partial charge in [-0.15, -0.1) is 16.4 Å². The fraction of sp³-hybridized carbons (Fsp3) is 0.136. The molecule has 134 valence electrons. The van der Waals surface area contributed by atoms with Crippen LogP contribution in [0.3, 0.4) is 0 Å². The Morgan fingerprint density at radius 3 is 2.37 bits per heavy atom. The summed E-state index contributed by atoms with van der Waals surface area (Å²) in [5, 5.41) is 12.1. The number of hydrogen-bond donors (Lipinski definition) is 0. The van der Waals surface area contributed by atoms with E-state index in [0.29, 0.717) is 0 Å². The summed E-state index contributed by atoms with van der Waals surface area (Å²) in [5.74, 6) is 0. The number of hydrogen-bond acceptors (Lipinski definition) is 3. The lowest BCUT2D eigenvalue weighted by Crippen LogP contribution is -2.27. The van der Waals surface area contributed by atoms with Crippen LogP contribution in [0.1, 0.15) is 10.4 Å². The van der Waals surface area contributed by atoms with Gasteiger partial charge in [-0.05, 0) is 29.1 Å². The second-order valence-corrected chi connectivity index (χ2v) is 13.4. The molecule has 0 aliphatic rings. The second kappa shape index (κ2) is 7.12. The first-order chi connectivity index (χ1) is 13.0. The standard InChI is InChI=1S/C22H21N3SSi/c1-27(2,3)22(25-20-13-8-7-12-19(20)23-24-25)16-18(21-14-9-15-26-21)17-10-5-4-6-11-17/h4-15H,1-3H3. The predicted molar refractivity (Wildman–Crippen MR) is 117 cm³/mol. The Morgan fingerprint density at radius 1 is 0.926 bits per heavy atom. The van der Waals surface area contributed by atoms with Gasteiger partial charge in [0, 0.05) is 10.5 Å². The first kappa shape index (κ1) is 17.7. The van der Waals surface area contributed by atoms with E-state index >= 15 is 0 Å². The minimum Gasteiger partial charge on any atom is -0.214 e. The molecule has 0 unspecified atom stereocenters. The topological polar surface area (TPSA) is 30.7 Å². The number of benzene rings is 2. The van der Waals surface area contributed by atoms with Crippen molar-refractivity contribution < 1.29 is 0 Å². The van der Waals surface area contributed by atoms with Crippen molar-refractivity contribution in [1.29, 1.82) is 0 Å². The quantitative estimate of drug-likeness (QED) is 0.320. The van der Waals surface area contributed by atoms with E-state index in [1.807, 2.05) is 28.9 Å². The lowest BCUT2D eigenvalue weighted by Gasteiger charge is -2.19. The zero-order valence-electron chi connectivity index (χ0n) is 15.7. The van der Waals surface area contributed by atoms with Gasteiger partial charge in [0.1, 0.15) is 13.6 Å². The van der Waals surface area contributed by atoms with Crippen LogP contribution >= 0.6 is 11.3 Å². The highest BCUT2D eigenvalue weighted by molar-refractivity contribution is 7.11. The second-order valence-electron chi connectivity index (χ2n) is 7.43. The number of rotatable bonds is 4. The molecular formula is C22H21N3SSi. The van der Waals surface area contributed by atoms with Crippen LogP contribution in [0.5, 0.6) is 0 Å². The number of nitrogens with zero attached hydrogens (tertiary/aromatic N) is 3. The maximum absolute atomic E-state index is 4.48. The van der Waals surface area contributed by atoms with E-state index in [4.69, 9.17) is 0 Å². The van der Waals surface area contributed by atoms with E-state index in [1.54, 1.807) is 11.3 Å². The molecule has 3 nitrogen and oxygen atoms in total. The number of aromatic nitrogens is 3. The summed E-state index contributed by atoms with van der Waals surface area (Å²) in [6.07, 6.45) is 0.